The van der Waals surface area contributed by atoms with E-state index >= 15 is 0 Å². The normalized spacial score (nSPS) is 12.8. The number of aryl methyl sites for hydroxylation is 1. The molecule has 0 aliphatic carbocycles. The maximum absolute atomic E-state index is 6.04. The number of alkyl halides is 1. The van der Waals surface area contributed by atoms with Crippen LogP contribution >= 0.6 is 35.2 Å². The van der Waals surface area contributed by atoms with Gasteiger partial charge in [-0.15, -0.1) is 22.9 Å². The summed E-state index contributed by atoms with van der Waals surface area (Å²) in [4.78, 5) is 1.95. The van der Waals surface area contributed by atoms with Crippen LogP contribution in [0.5, 0.6) is 5.75 Å². The molecule has 2 aromatic rings. The fraction of sp³-hybridized carbons (Fsp3) is 0.235. The second-order valence-electron chi connectivity index (χ2n) is 4.78. The second-order valence-corrected chi connectivity index (χ2v) is 6.96. The van der Waals surface area contributed by atoms with Crippen molar-refractivity contribution in [3.63, 3.8) is 0 Å². The highest BCUT2D eigenvalue weighted by molar-refractivity contribution is 7.81. The van der Waals surface area contributed by atoms with E-state index in [4.69, 9.17) is 28.6 Å². The number of hydrogen-bond donors (Lipinski definition) is 1. The number of anilines is 1. The zero-order chi connectivity index (χ0) is 16.1. The molecule has 5 heteroatoms. The van der Waals surface area contributed by atoms with E-state index in [0.29, 0.717) is 0 Å². The maximum atomic E-state index is 6.04. The van der Waals surface area contributed by atoms with Gasteiger partial charge in [0.25, 0.3) is 0 Å². The van der Waals surface area contributed by atoms with Crippen LogP contribution in [-0.4, -0.2) is 10.4 Å². The van der Waals surface area contributed by atoms with Crippen LogP contribution in [0, 0.1) is 6.92 Å². The van der Waals surface area contributed by atoms with Gasteiger partial charge >= 0.3 is 0 Å². The van der Waals surface area contributed by atoms with E-state index in [1.54, 1.807) is 11.3 Å². The lowest BCUT2D eigenvalue weighted by molar-refractivity contribution is 0.410. The van der Waals surface area contributed by atoms with E-state index in [2.05, 4.69) is 12.2 Å². The molecule has 1 atom stereocenters. The highest BCUT2D eigenvalue weighted by atomic mass is 35.5. The average molecular weight is 352 g/mol. The summed E-state index contributed by atoms with van der Waals surface area (Å²) < 4.78 is 5.75. The van der Waals surface area contributed by atoms with E-state index in [0.717, 1.165) is 27.7 Å². The van der Waals surface area contributed by atoms with Crippen LogP contribution in [0.3, 0.4) is 0 Å². The summed E-state index contributed by atoms with van der Waals surface area (Å²) in [6.07, 6.45) is 1.87. The Morgan fingerprint density at radius 1 is 1.32 bits per heavy atom. The molecule has 0 saturated heterocycles. The monoisotopic (exact) mass is 351 g/mol. The molecule has 2 nitrogen and oxygen atoms in total. The molecule has 0 bridgehead atoms. The number of allylic oxidation sites excluding steroid dienone is 2. The van der Waals surface area contributed by atoms with Gasteiger partial charge in [-0.3, -0.25) is 0 Å². The molecule has 1 unspecified atom stereocenters. The Hall–Kier alpha value is -1.36. The van der Waals surface area contributed by atoms with Gasteiger partial charge in [0, 0.05) is 16.1 Å². The average Bonchev–Trinajstić information content (AvgIpc) is 2.92. The Labute approximate surface area is 145 Å². The van der Waals surface area contributed by atoms with Crippen LogP contribution in [-0.2, 0) is 0 Å². The van der Waals surface area contributed by atoms with Gasteiger partial charge in [-0.2, -0.15) is 0 Å². The Kier molecular flexibility index (Phi) is 6.00. The highest BCUT2D eigenvalue weighted by Crippen LogP contribution is 2.22. The van der Waals surface area contributed by atoms with Gasteiger partial charge in [-0.05, 0) is 62.6 Å². The molecule has 0 aliphatic rings. The molecule has 1 heterocycles. The molecule has 1 N–H and O–H groups in total. The van der Waals surface area contributed by atoms with Gasteiger partial charge < -0.3 is 10.1 Å². The number of ether oxygens (including phenoxy) is 1. The predicted molar refractivity (Wildman–Crippen MR) is 101 cm³/mol. The fourth-order valence-electron chi connectivity index (χ4n) is 1.93. The zero-order valence-corrected chi connectivity index (χ0v) is 15.1. The van der Waals surface area contributed by atoms with Gasteiger partial charge in [0.1, 0.15) is 16.5 Å². The molecule has 1 aromatic carbocycles. The summed E-state index contributed by atoms with van der Waals surface area (Å²) in [6, 6.07) is 9.71. The van der Waals surface area contributed by atoms with Crippen molar-refractivity contribution >= 4 is 45.8 Å². The lowest BCUT2D eigenvalue weighted by atomic mass is 10.2. The first-order valence-corrected chi connectivity index (χ1v) is 8.67. The summed E-state index contributed by atoms with van der Waals surface area (Å²) in [5.74, 6) is 1.50. The standard InChI is InChI=1S/C17H18ClNOS2/c1-4-16(11(2)18)20-14-7-5-13(6-8-14)19-17(21)15-9-10-22-12(15)3/h4-11H,1-3H3,(H,19,21). The van der Waals surface area contributed by atoms with Crippen LogP contribution in [0.25, 0.3) is 0 Å². The van der Waals surface area contributed by atoms with Crippen molar-refractivity contribution in [2.45, 2.75) is 26.1 Å². The highest BCUT2D eigenvalue weighted by Gasteiger charge is 2.08. The molecule has 0 spiro atoms. The predicted octanol–water partition coefficient (Wildman–Crippen LogP) is 5.75. The van der Waals surface area contributed by atoms with Gasteiger partial charge in [0.2, 0.25) is 0 Å². The molecule has 0 amide bonds. The van der Waals surface area contributed by atoms with Crippen LogP contribution in [0.2, 0.25) is 0 Å². The molecule has 116 valence electrons. The molecule has 2 rings (SSSR count). The number of hydrogen-bond acceptors (Lipinski definition) is 3. The first-order valence-electron chi connectivity index (χ1n) is 6.95. The van der Waals surface area contributed by atoms with E-state index in [9.17, 15) is 0 Å². The molecular formula is C17H18ClNOS2. The van der Waals surface area contributed by atoms with Crippen molar-refractivity contribution in [3.8, 4) is 5.75 Å². The fourth-order valence-corrected chi connectivity index (χ4v) is 3.21. The van der Waals surface area contributed by atoms with E-state index < -0.39 is 0 Å². The third kappa shape index (κ3) is 4.32. The summed E-state index contributed by atoms with van der Waals surface area (Å²) in [7, 11) is 0. The first-order chi connectivity index (χ1) is 10.5. The molecular weight excluding hydrogens is 334 g/mol. The van der Waals surface area contributed by atoms with E-state index in [-0.39, 0.29) is 5.38 Å². The summed E-state index contributed by atoms with van der Waals surface area (Å²) in [6.45, 7) is 5.86. The molecule has 0 fully saturated rings. The number of halogens is 1. The lowest BCUT2D eigenvalue weighted by Gasteiger charge is -2.13. The van der Waals surface area contributed by atoms with Crippen molar-refractivity contribution in [1.29, 1.82) is 0 Å². The topological polar surface area (TPSA) is 21.3 Å². The Morgan fingerprint density at radius 2 is 2.00 bits per heavy atom. The SMILES string of the molecule is CC=C(Oc1ccc(NC(=S)c2ccsc2C)cc1)C(C)Cl. The van der Waals surface area contributed by atoms with Gasteiger partial charge in [-0.25, -0.2) is 0 Å². The lowest BCUT2D eigenvalue weighted by Crippen LogP contribution is -2.10. The Balaban J connectivity index is 2.03. The minimum absolute atomic E-state index is 0.156. The van der Waals surface area contributed by atoms with Crippen molar-refractivity contribution in [1.82, 2.24) is 0 Å². The zero-order valence-electron chi connectivity index (χ0n) is 12.7. The number of thiocarbonyl (C=S) groups is 1. The molecule has 0 radical (unpaired) electrons. The number of rotatable bonds is 5. The van der Waals surface area contributed by atoms with Crippen LogP contribution in [0.1, 0.15) is 24.3 Å². The van der Waals surface area contributed by atoms with Crippen molar-refractivity contribution in [2.75, 3.05) is 5.32 Å². The molecule has 0 aliphatic heterocycles. The second kappa shape index (κ2) is 7.77. The Bertz CT molecular complexity index is 674. The smallest absolute Gasteiger partial charge is 0.127 e. The van der Waals surface area contributed by atoms with Crippen molar-refractivity contribution in [3.05, 3.63) is 58.0 Å². The quantitative estimate of drug-likeness (QED) is 0.420. The number of benzene rings is 1. The van der Waals surface area contributed by atoms with E-state index in [1.165, 1.54) is 4.88 Å². The summed E-state index contributed by atoms with van der Waals surface area (Å²) in [5, 5.41) is 5.13. The Morgan fingerprint density at radius 3 is 2.50 bits per heavy atom. The van der Waals surface area contributed by atoms with Crippen molar-refractivity contribution in [2.24, 2.45) is 0 Å². The van der Waals surface area contributed by atoms with Crippen LogP contribution in [0.15, 0.2) is 47.5 Å². The van der Waals surface area contributed by atoms with Crippen LogP contribution < -0.4 is 10.1 Å². The minimum Gasteiger partial charge on any atom is -0.461 e. The molecule has 0 saturated carbocycles. The maximum Gasteiger partial charge on any atom is 0.127 e. The third-order valence-electron chi connectivity index (χ3n) is 3.13. The third-order valence-corrected chi connectivity index (χ3v) is 4.51. The van der Waals surface area contributed by atoms with Crippen LogP contribution in [0.4, 0.5) is 5.69 Å². The summed E-state index contributed by atoms with van der Waals surface area (Å²) in [5.41, 5.74) is 2.01. The number of thiophene rings is 1. The largest absolute Gasteiger partial charge is 0.461 e. The van der Waals surface area contributed by atoms with E-state index in [1.807, 2.05) is 55.6 Å². The summed E-state index contributed by atoms with van der Waals surface area (Å²) >= 11 is 13.2. The minimum atomic E-state index is -0.156. The van der Waals surface area contributed by atoms with Gasteiger partial charge in [0.15, 0.2) is 0 Å². The van der Waals surface area contributed by atoms with Crippen molar-refractivity contribution < 1.29 is 4.74 Å². The first kappa shape index (κ1) is 17.0. The van der Waals surface area contributed by atoms with Gasteiger partial charge in [-0.1, -0.05) is 12.2 Å². The van der Waals surface area contributed by atoms with Gasteiger partial charge in [0.05, 0.1) is 5.38 Å². The molecule has 22 heavy (non-hydrogen) atoms. The number of nitrogens with one attached hydrogen (secondary N) is 1. The molecule has 1 aromatic heterocycles.